The number of thiol groups is 1. The van der Waals surface area contributed by atoms with E-state index in [0.29, 0.717) is 36.4 Å². The van der Waals surface area contributed by atoms with Crippen molar-refractivity contribution >= 4 is 18.5 Å². The average molecular weight is 635 g/mol. The first-order valence-electron chi connectivity index (χ1n) is 15.0. The van der Waals surface area contributed by atoms with Crippen LogP contribution in [0.1, 0.15) is 64.3 Å². The number of nitrogens with one attached hydrogen (secondary N) is 1. The van der Waals surface area contributed by atoms with Crippen molar-refractivity contribution < 1.29 is 22.7 Å². The highest BCUT2D eigenvalue weighted by Gasteiger charge is 2.35. The van der Waals surface area contributed by atoms with Crippen LogP contribution in [-0.4, -0.2) is 33.4 Å². The van der Waals surface area contributed by atoms with Crippen LogP contribution in [-0.2, 0) is 30.5 Å². The van der Waals surface area contributed by atoms with Crippen LogP contribution in [0.4, 0.5) is 13.2 Å². The number of carbonyl (C=O) groups is 1. The van der Waals surface area contributed by atoms with Crippen molar-refractivity contribution in [3.05, 3.63) is 123 Å². The molecular formula is C34H33F3N4O3S. The summed E-state index contributed by atoms with van der Waals surface area (Å²) in [5.74, 6) is 1.47. The molecule has 0 saturated heterocycles. The van der Waals surface area contributed by atoms with Gasteiger partial charge in [-0.2, -0.15) is 13.2 Å². The summed E-state index contributed by atoms with van der Waals surface area (Å²) in [5.41, 5.74) is 2.64. The SMILES string of the molecule is O=C(CNCc1ccc(OCc2ccc(C(F)(F)F)cc2)cc1)N1CCc2nc(C3CCC3)n(-c3ccccc3)c(=O)c2C1S. The van der Waals surface area contributed by atoms with E-state index < -0.39 is 17.1 Å². The van der Waals surface area contributed by atoms with E-state index in [0.717, 1.165) is 54.2 Å². The largest absolute Gasteiger partial charge is 0.489 e. The number of fused-ring (bicyclic) bond motifs is 1. The molecule has 234 valence electrons. The van der Waals surface area contributed by atoms with Gasteiger partial charge in [-0.05, 0) is 60.4 Å². The zero-order valence-corrected chi connectivity index (χ0v) is 25.4. The maximum absolute atomic E-state index is 13.9. The van der Waals surface area contributed by atoms with Gasteiger partial charge >= 0.3 is 6.18 Å². The molecule has 2 heterocycles. The molecule has 1 saturated carbocycles. The molecule has 3 aromatic carbocycles. The molecule has 0 radical (unpaired) electrons. The number of ether oxygens (including phenoxy) is 1. The van der Waals surface area contributed by atoms with Gasteiger partial charge in [-0.25, -0.2) is 4.98 Å². The van der Waals surface area contributed by atoms with Gasteiger partial charge in [0.15, 0.2) is 0 Å². The second kappa shape index (κ2) is 13.1. The first-order chi connectivity index (χ1) is 21.7. The van der Waals surface area contributed by atoms with E-state index in [2.05, 4.69) is 5.32 Å². The fourth-order valence-corrected chi connectivity index (χ4v) is 6.16. The Balaban J connectivity index is 1.05. The van der Waals surface area contributed by atoms with E-state index in [-0.39, 0.29) is 30.5 Å². The lowest BCUT2D eigenvalue weighted by Crippen LogP contribution is -2.46. The minimum atomic E-state index is -4.37. The maximum Gasteiger partial charge on any atom is 0.416 e. The zero-order chi connectivity index (χ0) is 31.6. The number of aromatic nitrogens is 2. The minimum Gasteiger partial charge on any atom is -0.489 e. The third kappa shape index (κ3) is 6.79. The van der Waals surface area contributed by atoms with Gasteiger partial charge in [-0.1, -0.05) is 48.9 Å². The molecule has 1 atom stereocenters. The van der Waals surface area contributed by atoms with Crippen molar-refractivity contribution in [1.82, 2.24) is 19.8 Å². The monoisotopic (exact) mass is 634 g/mol. The lowest BCUT2D eigenvalue weighted by molar-refractivity contribution is -0.137. The molecule has 1 aliphatic heterocycles. The Kier molecular flexibility index (Phi) is 9.00. The summed E-state index contributed by atoms with van der Waals surface area (Å²) >= 11 is 4.75. The molecule has 1 aromatic heterocycles. The molecule has 11 heteroatoms. The number of halogens is 3. The van der Waals surface area contributed by atoms with Gasteiger partial charge in [0, 0.05) is 25.4 Å². The summed E-state index contributed by atoms with van der Waals surface area (Å²) in [5, 5.41) is 2.47. The summed E-state index contributed by atoms with van der Waals surface area (Å²) in [7, 11) is 0. The Bertz CT molecular complexity index is 1710. The van der Waals surface area contributed by atoms with Gasteiger partial charge in [0.1, 0.15) is 23.6 Å². The van der Waals surface area contributed by atoms with Crippen LogP contribution in [0.25, 0.3) is 5.69 Å². The Morgan fingerprint density at radius 3 is 2.31 bits per heavy atom. The van der Waals surface area contributed by atoms with E-state index in [1.807, 2.05) is 42.5 Å². The van der Waals surface area contributed by atoms with E-state index >= 15 is 0 Å². The summed E-state index contributed by atoms with van der Waals surface area (Å²) in [6, 6.07) is 21.6. The van der Waals surface area contributed by atoms with Crippen molar-refractivity contribution in [2.24, 2.45) is 0 Å². The zero-order valence-electron chi connectivity index (χ0n) is 24.5. The van der Waals surface area contributed by atoms with Gasteiger partial charge in [-0.3, -0.25) is 14.2 Å². The van der Waals surface area contributed by atoms with Gasteiger partial charge in [0.2, 0.25) is 5.91 Å². The highest BCUT2D eigenvalue weighted by Crippen LogP contribution is 2.38. The fraction of sp³-hybridized carbons (Fsp3) is 0.324. The number of alkyl halides is 3. The predicted octanol–water partition coefficient (Wildman–Crippen LogP) is 6.20. The van der Waals surface area contributed by atoms with E-state index in [1.165, 1.54) is 12.1 Å². The average Bonchev–Trinajstić information content (AvgIpc) is 3.00. The number of benzene rings is 3. The Hall–Kier alpha value is -4.09. The number of hydrogen-bond acceptors (Lipinski definition) is 6. The lowest BCUT2D eigenvalue weighted by Gasteiger charge is -2.35. The van der Waals surface area contributed by atoms with E-state index in [9.17, 15) is 22.8 Å². The Morgan fingerprint density at radius 1 is 0.978 bits per heavy atom. The molecular weight excluding hydrogens is 601 g/mol. The smallest absolute Gasteiger partial charge is 0.416 e. The molecule has 1 amide bonds. The molecule has 1 unspecified atom stereocenters. The Labute approximate surface area is 264 Å². The number of nitrogens with zero attached hydrogens (tertiary/aromatic N) is 3. The van der Waals surface area contributed by atoms with Crippen molar-refractivity contribution in [2.75, 3.05) is 13.1 Å². The number of para-hydroxylation sites is 1. The van der Waals surface area contributed by atoms with Crippen molar-refractivity contribution in [1.29, 1.82) is 0 Å². The maximum atomic E-state index is 13.9. The van der Waals surface area contributed by atoms with Crippen LogP contribution in [0.2, 0.25) is 0 Å². The quantitative estimate of drug-likeness (QED) is 0.215. The molecule has 1 fully saturated rings. The summed E-state index contributed by atoms with van der Waals surface area (Å²) in [6.07, 6.45) is -0.726. The van der Waals surface area contributed by atoms with Crippen LogP contribution in [0, 0.1) is 0 Å². The molecule has 0 bridgehead atoms. The van der Waals surface area contributed by atoms with Crippen LogP contribution in [0.5, 0.6) is 5.75 Å². The van der Waals surface area contributed by atoms with Crippen molar-refractivity contribution in [3.63, 3.8) is 0 Å². The number of hydrogen-bond donors (Lipinski definition) is 2. The third-order valence-electron chi connectivity index (χ3n) is 8.39. The minimum absolute atomic E-state index is 0.0685. The lowest BCUT2D eigenvalue weighted by atomic mass is 9.84. The van der Waals surface area contributed by atoms with Gasteiger partial charge in [0.05, 0.1) is 29.1 Å². The fourth-order valence-electron chi connectivity index (χ4n) is 5.65. The molecule has 6 rings (SSSR count). The molecule has 2 aliphatic rings. The van der Waals surface area contributed by atoms with Crippen molar-refractivity contribution in [3.8, 4) is 11.4 Å². The van der Waals surface area contributed by atoms with Crippen LogP contribution in [0.3, 0.4) is 0 Å². The van der Waals surface area contributed by atoms with Crippen LogP contribution in [0.15, 0.2) is 83.7 Å². The number of rotatable bonds is 9. The second-order valence-electron chi connectivity index (χ2n) is 11.4. The highest BCUT2D eigenvalue weighted by molar-refractivity contribution is 7.80. The summed E-state index contributed by atoms with van der Waals surface area (Å²) in [4.78, 5) is 33.8. The molecule has 45 heavy (non-hydrogen) atoms. The molecule has 0 spiro atoms. The van der Waals surface area contributed by atoms with Crippen LogP contribution < -0.4 is 15.6 Å². The normalized spacial score (nSPS) is 16.6. The highest BCUT2D eigenvalue weighted by atomic mass is 32.1. The molecule has 7 nitrogen and oxygen atoms in total. The second-order valence-corrected chi connectivity index (χ2v) is 11.9. The molecule has 4 aromatic rings. The van der Waals surface area contributed by atoms with Gasteiger partial charge < -0.3 is 15.0 Å². The first-order valence-corrected chi connectivity index (χ1v) is 15.5. The van der Waals surface area contributed by atoms with Crippen LogP contribution >= 0.6 is 12.6 Å². The molecule has 1 N–H and O–H groups in total. The predicted molar refractivity (Wildman–Crippen MR) is 167 cm³/mol. The van der Waals surface area contributed by atoms with E-state index in [1.54, 1.807) is 21.6 Å². The van der Waals surface area contributed by atoms with Gasteiger partial charge in [0.25, 0.3) is 5.56 Å². The van der Waals surface area contributed by atoms with Gasteiger partial charge in [-0.15, -0.1) is 12.6 Å². The summed E-state index contributed by atoms with van der Waals surface area (Å²) in [6.45, 7) is 1.07. The van der Waals surface area contributed by atoms with E-state index in [4.69, 9.17) is 22.3 Å². The Morgan fingerprint density at radius 2 is 1.67 bits per heavy atom. The summed E-state index contributed by atoms with van der Waals surface area (Å²) < 4.78 is 45.7. The van der Waals surface area contributed by atoms with Crippen molar-refractivity contribution in [2.45, 2.75) is 56.3 Å². The first kappa shape index (κ1) is 30.9. The number of amides is 1. The number of carbonyl (C=O) groups excluding carboxylic acids is 1. The standard InChI is InChI=1S/C34H33F3N4O3S/c35-34(36,37)25-13-9-23(10-14-25)21-44-27-15-11-22(12-16-27)19-38-20-29(42)40-18-17-28-30(33(40)45)32(43)41(26-7-2-1-3-8-26)31(39-28)24-5-4-6-24/h1-3,7-16,24,33,38,45H,4-6,17-21H2. The topological polar surface area (TPSA) is 76.5 Å². The third-order valence-corrected chi connectivity index (χ3v) is 8.92. The molecule has 1 aliphatic carbocycles.